The summed E-state index contributed by atoms with van der Waals surface area (Å²) in [5.74, 6) is -0.567. The minimum Gasteiger partial charge on any atom is -0.364 e. The van der Waals surface area contributed by atoms with Crippen LogP contribution in [-0.4, -0.2) is 54.0 Å². The van der Waals surface area contributed by atoms with E-state index in [1.807, 2.05) is 6.07 Å². The third kappa shape index (κ3) is 4.72. The van der Waals surface area contributed by atoms with Crippen LogP contribution in [0.2, 0.25) is 0 Å². The Kier molecular flexibility index (Phi) is 6.41. The van der Waals surface area contributed by atoms with Crippen LogP contribution in [0.3, 0.4) is 0 Å². The molecular weight excluding hydrogens is 464 g/mol. The second-order valence-electron chi connectivity index (χ2n) is 8.11. The van der Waals surface area contributed by atoms with E-state index in [4.69, 9.17) is 10.7 Å². The summed E-state index contributed by atoms with van der Waals surface area (Å²) in [5.41, 5.74) is 8.82. The van der Waals surface area contributed by atoms with Crippen molar-refractivity contribution >= 4 is 49.9 Å². The first-order valence-electron chi connectivity index (χ1n) is 10.4. The molecular formula is C21H24N6O4S2. The number of amides is 1. The summed E-state index contributed by atoms with van der Waals surface area (Å²) in [6.45, 7) is 0. The summed E-state index contributed by atoms with van der Waals surface area (Å²) in [6, 6.07) is 5.35. The van der Waals surface area contributed by atoms with Gasteiger partial charge in [0.25, 0.3) is 5.91 Å². The fourth-order valence-electron chi connectivity index (χ4n) is 4.13. The monoisotopic (exact) mass is 488 g/mol. The van der Waals surface area contributed by atoms with Crippen molar-refractivity contribution in [3.05, 3.63) is 46.2 Å². The smallest absolute Gasteiger partial charge is 0.302 e. The van der Waals surface area contributed by atoms with E-state index >= 15 is 0 Å². The van der Waals surface area contributed by atoms with Gasteiger partial charge in [0.2, 0.25) is 0 Å². The average Bonchev–Trinajstić information content (AvgIpc) is 3.19. The Hall–Kier alpha value is -2.96. The first-order chi connectivity index (χ1) is 15.7. The van der Waals surface area contributed by atoms with Crippen molar-refractivity contribution in [1.29, 1.82) is 0 Å². The molecule has 3 aromatic heterocycles. The predicted molar refractivity (Wildman–Crippen MR) is 126 cm³/mol. The van der Waals surface area contributed by atoms with Gasteiger partial charge in [-0.25, -0.2) is 15.0 Å². The number of pyridine rings is 2. The summed E-state index contributed by atoms with van der Waals surface area (Å²) in [5, 5.41) is 0.223. The summed E-state index contributed by atoms with van der Waals surface area (Å²) in [4.78, 5) is 37.1. The first kappa shape index (κ1) is 23.2. The van der Waals surface area contributed by atoms with E-state index < -0.39 is 16.1 Å². The van der Waals surface area contributed by atoms with E-state index in [9.17, 15) is 18.0 Å². The van der Waals surface area contributed by atoms with Crippen molar-refractivity contribution in [2.75, 3.05) is 18.8 Å². The fourth-order valence-corrected chi connectivity index (χ4v) is 5.48. The fraction of sp³-hybridized carbons (Fsp3) is 0.381. The van der Waals surface area contributed by atoms with Crippen LogP contribution >= 0.6 is 11.3 Å². The van der Waals surface area contributed by atoms with Gasteiger partial charge in [-0.05, 0) is 42.5 Å². The lowest BCUT2D eigenvalue weighted by molar-refractivity contribution is -0.108. The Labute approximate surface area is 195 Å². The van der Waals surface area contributed by atoms with E-state index in [0.717, 1.165) is 58.0 Å². The molecule has 0 radical (unpaired) electrons. The standard InChI is InChI=1S/C21H24N6O4S2/c1-27(2)33(30,31)26-17-7-6-13(11-23-17)14(8-9-28)15-5-3-4-12-10-16-20(25-18(12)15)32-21(24-16)19(22)29/h6-7,9-11,14-15H,3-5,8H2,1-2H3,(H2,22,29)(H,23,26)/t14-,15?/m0/s1. The second kappa shape index (κ2) is 9.12. The van der Waals surface area contributed by atoms with Crippen molar-refractivity contribution < 1.29 is 18.0 Å². The van der Waals surface area contributed by atoms with Crippen LogP contribution in [0.5, 0.6) is 0 Å². The number of rotatable bonds is 8. The zero-order valence-electron chi connectivity index (χ0n) is 18.2. The Morgan fingerprint density at radius 1 is 1.36 bits per heavy atom. The molecule has 0 fully saturated rings. The third-order valence-corrected chi connectivity index (χ3v) is 8.19. The highest BCUT2D eigenvalue weighted by molar-refractivity contribution is 7.90. The second-order valence-corrected chi connectivity index (χ2v) is 11.0. The molecule has 174 valence electrons. The van der Waals surface area contributed by atoms with E-state index in [2.05, 4.69) is 14.7 Å². The number of fused-ring (bicyclic) bond motifs is 2. The Bertz CT molecular complexity index is 1300. The Balaban J connectivity index is 1.68. The van der Waals surface area contributed by atoms with Gasteiger partial charge in [-0.15, -0.1) is 0 Å². The maximum Gasteiger partial charge on any atom is 0.302 e. The molecule has 0 spiro atoms. The van der Waals surface area contributed by atoms with Crippen LogP contribution in [0, 0.1) is 0 Å². The number of nitrogens with two attached hydrogens (primary N) is 1. The molecule has 0 saturated carbocycles. The number of nitrogens with zero attached hydrogens (tertiary/aromatic N) is 4. The van der Waals surface area contributed by atoms with Crippen LogP contribution in [0.1, 0.15) is 57.7 Å². The van der Waals surface area contributed by atoms with Crippen LogP contribution in [0.4, 0.5) is 5.82 Å². The van der Waals surface area contributed by atoms with Gasteiger partial charge < -0.3 is 10.5 Å². The number of aldehydes is 1. The summed E-state index contributed by atoms with van der Waals surface area (Å²) in [6.07, 6.45) is 5.39. The van der Waals surface area contributed by atoms with E-state index in [-0.39, 0.29) is 29.1 Å². The quantitative estimate of drug-likeness (QED) is 0.462. The normalized spacial score (nSPS) is 17.0. The highest BCUT2D eigenvalue weighted by Crippen LogP contribution is 2.43. The number of hydrogen-bond acceptors (Lipinski definition) is 8. The topological polar surface area (TPSA) is 148 Å². The Morgan fingerprint density at radius 3 is 2.79 bits per heavy atom. The van der Waals surface area contributed by atoms with E-state index in [0.29, 0.717) is 10.3 Å². The lowest BCUT2D eigenvalue weighted by Crippen LogP contribution is -2.29. The largest absolute Gasteiger partial charge is 0.364 e. The molecule has 1 amide bonds. The number of thiazole rings is 1. The molecule has 1 aliphatic rings. The zero-order chi connectivity index (χ0) is 23.8. The van der Waals surface area contributed by atoms with Crippen molar-refractivity contribution in [1.82, 2.24) is 19.3 Å². The molecule has 3 heterocycles. The SMILES string of the molecule is CN(C)S(=O)(=O)Nc1ccc([C@H](CC=O)C2CCCc3cc4nc(C(N)=O)sc4nc32)cn1. The van der Waals surface area contributed by atoms with Crippen molar-refractivity contribution in [3.8, 4) is 0 Å². The Morgan fingerprint density at radius 2 is 2.15 bits per heavy atom. The van der Waals surface area contributed by atoms with Gasteiger partial charge in [0.1, 0.15) is 22.5 Å². The van der Waals surface area contributed by atoms with Gasteiger partial charge in [-0.1, -0.05) is 17.4 Å². The van der Waals surface area contributed by atoms with Crippen LogP contribution < -0.4 is 10.5 Å². The molecule has 0 bridgehead atoms. The number of hydrogen-bond donors (Lipinski definition) is 2. The summed E-state index contributed by atoms with van der Waals surface area (Å²) >= 11 is 1.16. The van der Waals surface area contributed by atoms with E-state index in [1.165, 1.54) is 14.1 Å². The van der Waals surface area contributed by atoms with Gasteiger partial charge >= 0.3 is 10.2 Å². The van der Waals surface area contributed by atoms with Gasteiger partial charge in [0.15, 0.2) is 5.01 Å². The molecule has 12 heteroatoms. The third-order valence-electron chi connectivity index (χ3n) is 5.78. The molecule has 0 saturated heterocycles. The van der Waals surface area contributed by atoms with Crippen molar-refractivity contribution in [2.24, 2.45) is 5.73 Å². The number of aryl methyl sites for hydroxylation is 1. The van der Waals surface area contributed by atoms with Crippen LogP contribution in [-0.2, 0) is 21.4 Å². The zero-order valence-corrected chi connectivity index (χ0v) is 19.8. The summed E-state index contributed by atoms with van der Waals surface area (Å²) < 4.78 is 27.6. The van der Waals surface area contributed by atoms with Gasteiger partial charge in [-0.3, -0.25) is 9.52 Å². The number of primary amides is 1. The summed E-state index contributed by atoms with van der Waals surface area (Å²) in [7, 11) is -0.808. The highest BCUT2D eigenvalue weighted by Gasteiger charge is 2.31. The number of anilines is 1. The van der Waals surface area contributed by atoms with E-state index in [1.54, 1.807) is 18.3 Å². The first-order valence-corrected chi connectivity index (χ1v) is 12.6. The maximum atomic E-state index is 12.0. The number of carbonyl (C=O) groups excluding carboxylic acids is 2. The van der Waals surface area contributed by atoms with Gasteiger partial charge in [-0.2, -0.15) is 12.7 Å². The molecule has 10 nitrogen and oxygen atoms in total. The van der Waals surface area contributed by atoms with Gasteiger partial charge in [0, 0.05) is 44.2 Å². The van der Waals surface area contributed by atoms with Crippen molar-refractivity contribution in [3.63, 3.8) is 0 Å². The van der Waals surface area contributed by atoms with Crippen LogP contribution in [0.25, 0.3) is 10.3 Å². The minimum absolute atomic E-state index is 0.0198. The molecule has 3 N–H and O–H groups in total. The molecule has 1 unspecified atom stereocenters. The average molecular weight is 489 g/mol. The maximum absolute atomic E-state index is 12.0. The lowest BCUT2D eigenvalue weighted by Gasteiger charge is -2.31. The number of carbonyl (C=O) groups is 2. The predicted octanol–water partition coefficient (Wildman–Crippen LogP) is 2.20. The molecule has 4 rings (SSSR count). The van der Waals surface area contributed by atoms with Crippen LogP contribution in [0.15, 0.2) is 24.4 Å². The number of nitrogens with one attached hydrogen (secondary N) is 1. The minimum atomic E-state index is -3.66. The highest BCUT2D eigenvalue weighted by atomic mass is 32.2. The number of aromatic nitrogens is 3. The molecule has 2 atom stereocenters. The van der Waals surface area contributed by atoms with Crippen molar-refractivity contribution in [2.45, 2.75) is 37.5 Å². The molecule has 0 aliphatic heterocycles. The molecule has 3 aromatic rings. The van der Waals surface area contributed by atoms with Gasteiger partial charge in [0.05, 0.1) is 0 Å². The molecule has 0 aromatic carbocycles. The molecule has 33 heavy (non-hydrogen) atoms. The molecule has 1 aliphatic carbocycles. The lowest BCUT2D eigenvalue weighted by atomic mass is 9.75.